The summed E-state index contributed by atoms with van der Waals surface area (Å²) in [5, 5.41) is 19.1. The van der Waals surface area contributed by atoms with Gasteiger partial charge in [-0.15, -0.1) is 0 Å². The smallest absolute Gasteiger partial charge is 0.336 e. The molecule has 1 N–H and O–H groups in total. The van der Waals surface area contributed by atoms with Crippen LogP contribution in [0.5, 0.6) is 0 Å². The molecule has 0 heterocycles. The topological polar surface area (TPSA) is 80.4 Å². The number of nitro groups is 1. The summed E-state index contributed by atoms with van der Waals surface area (Å²) in [4.78, 5) is 20.4. The molecule has 0 bridgehead atoms. The number of carboxylic acids is 1. The van der Waals surface area contributed by atoms with Gasteiger partial charge in [-0.05, 0) is 24.6 Å². The zero-order valence-corrected chi connectivity index (χ0v) is 7.86. The largest absolute Gasteiger partial charge is 0.478 e. The molecule has 0 aliphatic heterocycles. The van der Waals surface area contributed by atoms with Gasteiger partial charge in [0, 0.05) is 10.5 Å². The Bertz CT molecular complexity index is 430. The van der Waals surface area contributed by atoms with Crippen LogP contribution >= 0.6 is 0 Å². The van der Waals surface area contributed by atoms with Crippen LogP contribution in [-0.4, -0.2) is 16.0 Å². The number of aromatic carboxylic acids is 1. The number of hydrogen-bond acceptors (Lipinski definition) is 3. The van der Waals surface area contributed by atoms with Crippen LogP contribution in [0.15, 0.2) is 12.1 Å². The van der Waals surface area contributed by atoms with E-state index in [1.807, 2.05) is 0 Å². The maximum Gasteiger partial charge on any atom is 0.336 e. The maximum atomic E-state index is 13.0. The molecule has 0 aliphatic carbocycles. The Balaban J connectivity index is 3.33. The van der Waals surface area contributed by atoms with Gasteiger partial charge in [-0.3, -0.25) is 10.1 Å². The lowest BCUT2D eigenvalue weighted by molar-refractivity contribution is -0.496. The first-order chi connectivity index (χ1) is 6.93. The third-order valence-corrected chi connectivity index (χ3v) is 2.00. The Kier molecular flexibility index (Phi) is 2.99. The van der Waals surface area contributed by atoms with Crippen molar-refractivity contribution in [2.45, 2.75) is 13.5 Å². The Morgan fingerprint density at radius 2 is 2.20 bits per heavy atom. The molecule has 0 amide bonds. The molecular weight excluding hydrogens is 205 g/mol. The fourth-order valence-electron chi connectivity index (χ4n) is 1.31. The lowest BCUT2D eigenvalue weighted by Crippen LogP contribution is -2.10. The van der Waals surface area contributed by atoms with Crippen LogP contribution in [0.2, 0.25) is 0 Å². The van der Waals surface area contributed by atoms with Gasteiger partial charge in [-0.1, -0.05) is 0 Å². The zero-order chi connectivity index (χ0) is 11.6. The van der Waals surface area contributed by atoms with Gasteiger partial charge in [0.25, 0.3) is 0 Å². The zero-order valence-electron chi connectivity index (χ0n) is 7.86. The quantitative estimate of drug-likeness (QED) is 0.610. The van der Waals surface area contributed by atoms with Crippen LogP contribution in [0.1, 0.15) is 21.5 Å². The number of halogens is 1. The van der Waals surface area contributed by atoms with Gasteiger partial charge in [0.1, 0.15) is 5.82 Å². The molecule has 6 heteroatoms. The summed E-state index contributed by atoms with van der Waals surface area (Å²) in [7, 11) is 0. The number of benzene rings is 1. The summed E-state index contributed by atoms with van der Waals surface area (Å²) in [5.41, 5.74) is -0.403. The Labute approximate surface area is 84.3 Å². The van der Waals surface area contributed by atoms with Gasteiger partial charge in [0.05, 0.1) is 5.56 Å². The number of carbonyl (C=O) groups is 1. The van der Waals surface area contributed by atoms with Crippen molar-refractivity contribution >= 4 is 5.97 Å². The van der Waals surface area contributed by atoms with E-state index in [1.54, 1.807) is 0 Å². The first-order valence-corrected chi connectivity index (χ1v) is 4.06. The van der Waals surface area contributed by atoms with Crippen molar-refractivity contribution in [3.05, 3.63) is 44.8 Å². The lowest BCUT2D eigenvalue weighted by atomic mass is 10.0. The lowest BCUT2D eigenvalue weighted by Gasteiger charge is -2.06. The molecule has 0 aromatic heterocycles. The minimum Gasteiger partial charge on any atom is -0.478 e. The third-order valence-electron chi connectivity index (χ3n) is 2.00. The van der Waals surface area contributed by atoms with Gasteiger partial charge in [-0.2, -0.15) is 0 Å². The molecule has 1 aromatic carbocycles. The number of nitrogens with zero attached hydrogens (tertiary/aromatic N) is 1. The highest BCUT2D eigenvalue weighted by molar-refractivity contribution is 5.91. The van der Waals surface area contributed by atoms with Gasteiger partial charge >= 0.3 is 5.97 Å². The molecular formula is C9H8FNO4. The van der Waals surface area contributed by atoms with Crippen molar-refractivity contribution in [3.8, 4) is 0 Å². The van der Waals surface area contributed by atoms with E-state index in [1.165, 1.54) is 6.92 Å². The van der Waals surface area contributed by atoms with Gasteiger partial charge in [-0.25, -0.2) is 9.18 Å². The van der Waals surface area contributed by atoms with Crippen LogP contribution < -0.4 is 0 Å². The first-order valence-electron chi connectivity index (χ1n) is 4.06. The fraction of sp³-hybridized carbons (Fsp3) is 0.222. The highest BCUT2D eigenvalue weighted by Gasteiger charge is 2.19. The predicted molar refractivity (Wildman–Crippen MR) is 48.8 cm³/mol. The van der Waals surface area contributed by atoms with E-state index in [2.05, 4.69) is 0 Å². The van der Waals surface area contributed by atoms with Crippen LogP contribution in [-0.2, 0) is 6.54 Å². The molecule has 15 heavy (non-hydrogen) atoms. The summed E-state index contributed by atoms with van der Waals surface area (Å²) in [6, 6.07) is 2.15. The van der Waals surface area contributed by atoms with E-state index < -0.39 is 23.3 Å². The van der Waals surface area contributed by atoms with Crippen molar-refractivity contribution in [1.29, 1.82) is 0 Å². The van der Waals surface area contributed by atoms with Crippen molar-refractivity contribution in [1.82, 2.24) is 0 Å². The summed E-state index contributed by atoms with van der Waals surface area (Å²) < 4.78 is 13.0. The summed E-state index contributed by atoms with van der Waals surface area (Å²) >= 11 is 0. The standard InChI is InChI=1S/C9H8FNO4/c1-5-7(10)3-2-6(4-11(14)15)8(5)9(12)13/h2-3H,4H2,1H3,(H,12,13). The molecule has 5 nitrogen and oxygen atoms in total. The third kappa shape index (κ3) is 2.28. The number of carboxylic acid groups (broad SMARTS) is 1. The second-order valence-electron chi connectivity index (χ2n) is 3.00. The molecule has 0 saturated carbocycles. The highest BCUT2D eigenvalue weighted by Crippen LogP contribution is 2.18. The van der Waals surface area contributed by atoms with Crippen LogP contribution in [0, 0.1) is 22.9 Å². The van der Waals surface area contributed by atoms with E-state index in [4.69, 9.17) is 5.11 Å². The van der Waals surface area contributed by atoms with E-state index in [0.717, 1.165) is 12.1 Å². The minimum atomic E-state index is -1.36. The molecule has 0 spiro atoms. The van der Waals surface area contributed by atoms with E-state index in [0.29, 0.717) is 0 Å². The van der Waals surface area contributed by atoms with Crippen molar-refractivity contribution in [2.75, 3.05) is 0 Å². The average molecular weight is 213 g/mol. The van der Waals surface area contributed by atoms with E-state index >= 15 is 0 Å². The molecule has 0 atom stereocenters. The van der Waals surface area contributed by atoms with Crippen LogP contribution in [0.25, 0.3) is 0 Å². The predicted octanol–water partition coefficient (Wildman–Crippen LogP) is 1.61. The number of hydrogen-bond donors (Lipinski definition) is 1. The Morgan fingerprint density at radius 3 is 2.67 bits per heavy atom. The average Bonchev–Trinajstić information content (AvgIpc) is 2.10. The molecule has 0 saturated heterocycles. The monoisotopic (exact) mass is 213 g/mol. The van der Waals surface area contributed by atoms with E-state index in [9.17, 15) is 19.3 Å². The maximum absolute atomic E-state index is 13.0. The second kappa shape index (κ2) is 4.04. The van der Waals surface area contributed by atoms with Crippen molar-refractivity contribution in [2.24, 2.45) is 0 Å². The normalized spacial score (nSPS) is 10.0. The Morgan fingerprint density at radius 1 is 1.60 bits per heavy atom. The molecule has 0 unspecified atom stereocenters. The van der Waals surface area contributed by atoms with Crippen molar-refractivity contribution in [3.63, 3.8) is 0 Å². The summed E-state index contributed by atoms with van der Waals surface area (Å²) in [5.74, 6) is -2.04. The highest BCUT2D eigenvalue weighted by atomic mass is 19.1. The van der Waals surface area contributed by atoms with Crippen LogP contribution in [0.3, 0.4) is 0 Å². The molecule has 1 rings (SSSR count). The molecule has 0 radical (unpaired) electrons. The van der Waals surface area contributed by atoms with Crippen molar-refractivity contribution < 1.29 is 19.2 Å². The summed E-state index contributed by atoms with van der Waals surface area (Å²) in [6.45, 7) is 0.658. The number of rotatable bonds is 3. The van der Waals surface area contributed by atoms with Gasteiger partial charge in [0.15, 0.2) is 0 Å². The molecule has 0 fully saturated rings. The molecule has 1 aromatic rings. The Hall–Kier alpha value is -1.98. The minimum absolute atomic E-state index is 0.00593. The molecule has 80 valence electrons. The second-order valence-corrected chi connectivity index (χ2v) is 3.00. The summed E-state index contributed by atoms with van der Waals surface area (Å²) in [6.07, 6.45) is 0. The first kappa shape index (κ1) is 11.1. The SMILES string of the molecule is Cc1c(F)ccc(C[N+](=O)[O-])c1C(=O)O. The van der Waals surface area contributed by atoms with Crippen LogP contribution in [0.4, 0.5) is 4.39 Å². The van der Waals surface area contributed by atoms with Gasteiger partial charge < -0.3 is 5.11 Å². The van der Waals surface area contributed by atoms with Gasteiger partial charge in [0.2, 0.25) is 6.54 Å². The molecule has 0 aliphatic rings. The fourth-order valence-corrected chi connectivity index (χ4v) is 1.31. The van der Waals surface area contributed by atoms with E-state index in [-0.39, 0.29) is 16.7 Å².